The van der Waals surface area contributed by atoms with Crippen molar-refractivity contribution in [3.8, 4) is 0 Å². The molecule has 0 heterocycles. The summed E-state index contributed by atoms with van der Waals surface area (Å²) in [5.74, 6) is -1.78. The second kappa shape index (κ2) is 7.58. The molecule has 0 aliphatic heterocycles. The molecule has 4 nitrogen and oxygen atoms in total. The van der Waals surface area contributed by atoms with Gasteiger partial charge in [0.1, 0.15) is 6.10 Å². The van der Waals surface area contributed by atoms with Crippen LogP contribution in [0.25, 0.3) is 0 Å². The summed E-state index contributed by atoms with van der Waals surface area (Å²) < 4.78 is 5.41. The van der Waals surface area contributed by atoms with Crippen LogP contribution in [0.5, 0.6) is 0 Å². The average Bonchev–Trinajstić information content (AvgIpc) is 2.55. The molecule has 1 atom stereocenters. The van der Waals surface area contributed by atoms with Gasteiger partial charge in [0, 0.05) is 0 Å². The molecule has 0 spiro atoms. The Bertz CT molecular complexity index is 689. The van der Waals surface area contributed by atoms with Crippen LogP contribution in [-0.4, -0.2) is 17.0 Å². The maximum Gasteiger partial charge on any atom is 0.339 e. The smallest absolute Gasteiger partial charge is 0.339 e. The number of carboxylic acid groups (broad SMARTS) is 1. The number of hydrogen-bond acceptors (Lipinski definition) is 3. The van der Waals surface area contributed by atoms with Crippen molar-refractivity contribution in [3.63, 3.8) is 0 Å². The van der Waals surface area contributed by atoms with Gasteiger partial charge in [-0.1, -0.05) is 49.7 Å². The number of carbonyl (C=O) groups is 2. The first-order chi connectivity index (χ1) is 11.0. The highest BCUT2D eigenvalue weighted by atomic mass is 16.5. The Morgan fingerprint density at radius 3 is 2.22 bits per heavy atom. The largest absolute Gasteiger partial charge is 0.478 e. The fourth-order valence-electron chi connectivity index (χ4n) is 2.38. The van der Waals surface area contributed by atoms with Gasteiger partial charge in [-0.3, -0.25) is 0 Å². The topological polar surface area (TPSA) is 63.6 Å². The molecule has 0 saturated heterocycles. The van der Waals surface area contributed by atoms with Crippen LogP contribution in [0.15, 0.2) is 48.5 Å². The summed E-state index contributed by atoms with van der Waals surface area (Å²) in [5, 5.41) is 9.14. The molecule has 2 aromatic carbocycles. The van der Waals surface area contributed by atoms with E-state index in [0.717, 1.165) is 18.4 Å². The maximum absolute atomic E-state index is 12.2. The summed E-state index contributed by atoms with van der Waals surface area (Å²) >= 11 is 0. The van der Waals surface area contributed by atoms with Crippen LogP contribution in [0.3, 0.4) is 0 Å². The molecular weight excluding hydrogens is 292 g/mol. The molecule has 4 heteroatoms. The van der Waals surface area contributed by atoms with Crippen LogP contribution in [-0.2, 0) is 11.2 Å². The highest BCUT2D eigenvalue weighted by Crippen LogP contribution is 2.21. The lowest BCUT2D eigenvalue weighted by molar-refractivity contribution is 0.0331. The van der Waals surface area contributed by atoms with Crippen LogP contribution >= 0.6 is 0 Å². The number of rotatable bonds is 6. The Morgan fingerprint density at radius 1 is 1.04 bits per heavy atom. The van der Waals surface area contributed by atoms with E-state index in [1.165, 1.54) is 17.7 Å². The molecule has 0 aromatic heterocycles. The van der Waals surface area contributed by atoms with Gasteiger partial charge in [0.05, 0.1) is 11.1 Å². The van der Waals surface area contributed by atoms with Crippen molar-refractivity contribution in [2.75, 3.05) is 0 Å². The number of carboxylic acids is 1. The second-order valence-electron chi connectivity index (χ2n) is 5.39. The highest BCUT2D eigenvalue weighted by molar-refractivity contribution is 6.02. The lowest BCUT2D eigenvalue weighted by Crippen LogP contribution is -2.13. The quantitative estimate of drug-likeness (QED) is 0.810. The average molecular weight is 312 g/mol. The van der Waals surface area contributed by atoms with Crippen molar-refractivity contribution in [3.05, 3.63) is 70.8 Å². The minimum absolute atomic E-state index is 0.0528. The first kappa shape index (κ1) is 16.7. The van der Waals surface area contributed by atoms with Gasteiger partial charge in [-0.05, 0) is 36.6 Å². The van der Waals surface area contributed by atoms with E-state index >= 15 is 0 Å². The normalized spacial score (nSPS) is 11.7. The first-order valence-corrected chi connectivity index (χ1v) is 7.65. The molecule has 0 radical (unpaired) electrons. The zero-order chi connectivity index (χ0) is 16.8. The lowest BCUT2D eigenvalue weighted by Gasteiger charge is -2.15. The van der Waals surface area contributed by atoms with E-state index in [1.54, 1.807) is 19.1 Å². The van der Waals surface area contributed by atoms with Crippen molar-refractivity contribution >= 4 is 11.9 Å². The summed E-state index contributed by atoms with van der Waals surface area (Å²) in [4.78, 5) is 23.4. The van der Waals surface area contributed by atoms with E-state index in [1.807, 2.05) is 24.3 Å². The number of carbonyl (C=O) groups excluding carboxylic acids is 1. The minimum Gasteiger partial charge on any atom is -0.478 e. The van der Waals surface area contributed by atoms with Gasteiger partial charge in [-0.25, -0.2) is 9.59 Å². The van der Waals surface area contributed by atoms with Gasteiger partial charge in [-0.2, -0.15) is 0 Å². The number of aryl methyl sites for hydroxylation is 1. The third-order valence-corrected chi connectivity index (χ3v) is 3.65. The molecule has 0 bridgehead atoms. The van der Waals surface area contributed by atoms with Crippen molar-refractivity contribution in [1.29, 1.82) is 0 Å². The molecule has 0 fully saturated rings. The molecule has 0 amide bonds. The molecule has 2 rings (SSSR count). The van der Waals surface area contributed by atoms with Gasteiger partial charge in [0.25, 0.3) is 0 Å². The van der Waals surface area contributed by atoms with Crippen LogP contribution in [0.2, 0.25) is 0 Å². The van der Waals surface area contributed by atoms with E-state index in [0.29, 0.717) is 0 Å². The van der Waals surface area contributed by atoms with Crippen LogP contribution in [0, 0.1) is 0 Å². The first-order valence-electron chi connectivity index (χ1n) is 7.65. The molecule has 0 aliphatic carbocycles. The Kier molecular flexibility index (Phi) is 5.52. The van der Waals surface area contributed by atoms with Crippen molar-refractivity contribution in [1.82, 2.24) is 0 Å². The maximum atomic E-state index is 12.2. The summed E-state index contributed by atoms with van der Waals surface area (Å²) in [7, 11) is 0. The van der Waals surface area contributed by atoms with Crippen molar-refractivity contribution < 1.29 is 19.4 Å². The van der Waals surface area contributed by atoms with E-state index in [4.69, 9.17) is 9.84 Å². The van der Waals surface area contributed by atoms with E-state index in [2.05, 4.69) is 6.92 Å². The van der Waals surface area contributed by atoms with E-state index in [-0.39, 0.29) is 11.1 Å². The number of ether oxygens (including phenoxy) is 1. The van der Waals surface area contributed by atoms with E-state index < -0.39 is 18.0 Å². The summed E-state index contributed by atoms with van der Waals surface area (Å²) in [5.41, 5.74) is 2.13. The highest BCUT2D eigenvalue weighted by Gasteiger charge is 2.19. The molecule has 0 aliphatic rings. The molecule has 2 aromatic rings. The summed E-state index contributed by atoms with van der Waals surface area (Å²) in [6, 6.07) is 14.0. The molecule has 120 valence electrons. The van der Waals surface area contributed by atoms with Gasteiger partial charge < -0.3 is 9.84 Å². The number of esters is 1. The number of benzene rings is 2. The third-order valence-electron chi connectivity index (χ3n) is 3.65. The Morgan fingerprint density at radius 2 is 1.65 bits per heavy atom. The predicted octanol–water partition coefficient (Wildman–Crippen LogP) is 4.26. The lowest BCUT2D eigenvalue weighted by atomic mass is 10.0. The fraction of sp³-hybridized carbons (Fsp3) is 0.263. The van der Waals surface area contributed by atoms with Crippen LogP contribution in [0.1, 0.15) is 58.2 Å². The van der Waals surface area contributed by atoms with Crippen LogP contribution < -0.4 is 0 Å². The van der Waals surface area contributed by atoms with E-state index in [9.17, 15) is 9.59 Å². The standard InChI is InChI=1S/C19H20O4/c1-3-6-14-9-11-15(12-10-14)13(2)23-19(22)17-8-5-4-7-16(17)18(20)21/h4-5,7-13H,3,6H2,1-2H3,(H,20,21). The van der Waals surface area contributed by atoms with Gasteiger partial charge in [0.2, 0.25) is 0 Å². The molecule has 1 unspecified atom stereocenters. The molecule has 0 saturated carbocycles. The number of aromatic carboxylic acids is 1. The fourth-order valence-corrected chi connectivity index (χ4v) is 2.38. The van der Waals surface area contributed by atoms with Crippen molar-refractivity contribution in [2.24, 2.45) is 0 Å². The monoisotopic (exact) mass is 312 g/mol. The van der Waals surface area contributed by atoms with Crippen LogP contribution in [0.4, 0.5) is 0 Å². The predicted molar refractivity (Wildman–Crippen MR) is 87.7 cm³/mol. The third kappa shape index (κ3) is 4.19. The van der Waals surface area contributed by atoms with Gasteiger partial charge in [0.15, 0.2) is 0 Å². The van der Waals surface area contributed by atoms with Gasteiger partial charge in [-0.15, -0.1) is 0 Å². The zero-order valence-electron chi connectivity index (χ0n) is 13.3. The Balaban J connectivity index is 2.12. The number of hydrogen-bond donors (Lipinski definition) is 1. The summed E-state index contributed by atoms with van der Waals surface area (Å²) in [6.45, 7) is 3.90. The second-order valence-corrected chi connectivity index (χ2v) is 5.39. The van der Waals surface area contributed by atoms with Gasteiger partial charge >= 0.3 is 11.9 Å². The summed E-state index contributed by atoms with van der Waals surface area (Å²) in [6.07, 6.45) is 1.65. The zero-order valence-corrected chi connectivity index (χ0v) is 13.3. The molecule has 1 N–H and O–H groups in total. The Hall–Kier alpha value is -2.62. The van der Waals surface area contributed by atoms with Crippen molar-refractivity contribution in [2.45, 2.75) is 32.8 Å². The Labute approximate surface area is 135 Å². The SMILES string of the molecule is CCCc1ccc(C(C)OC(=O)c2ccccc2C(=O)O)cc1. The molecule has 23 heavy (non-hydrogen) atoms. The molecular formula is C19H20O4. The minimum atomic E-state index is -1.14.